The van der Waals surface area contributed by atoms with Crippen LogP contribution in [0.25, 0.3) is 0 Å². The molecule has 0 heterocycles. The molecule has 2 unspecified atom stereocenters. The van der Waals surface area contributed by atoms with E-state index in [-0.39, 0.29) is 32.0 Å². The van der Waals surface area contributed by atoms with Crippen molar-refractivity contribution in [2.24, 2.45) is 0 Å². The van der Waals surface area contributed by atoms with Crippen LogP contribution in [0.5, 0.6) is 0 Å². The van der Waals surface area contributed by atoms with Gasteiger partial charge in [-0.2, -0.15) is 0 Å². The van der Waals surface area contributed by atoms with E-state index in [1.165, 1.54) is 231 Å². The fraction of sp³-hybridized carbons (Fsp3) is 0.775. The minimum atomic E-state index is -4.64. The number of quaternary nitrogens is 1. The molecule has 522 valence electrons. The van der Waals surface area contributed by atoms with Gasteiger partial charge < -0.3 is 27.9 Å². The Morgan fingerprint density at radius 2 is 0.633 bits per heavy atom. The van der Waals surface area contributed by atoms with Crippen molar-refractivity contribution < 1.29 is 42.1 Å². The van der Waals surface area contributed by atoms with Crippen LogP contribution < -0.4 is 4.89 Å². The average molecular weight is 1280 g/mol. The quantitative estimate of drug-likeness (QED) is 0.0195. The Labute approximate surface area is 557 Å². The molecule has 0 N–H and O–H groups in total. The maximum Gasteiger partial charge on any atom is 0.306 e. The van der Waals surface area contributed by atoms with E-state index in [0.717, 1.165) is 83.5 Å². The Bertz CT molecular complexity index is 1840. The van der Waals surface area contributed by atoms with Crippen molar-refractivity contribution in [2.75, 3.05) is 47.5 Å². The normalized spacial score (nSPS) is 13.6. The monoisotopic (exact) mass is 1280 g/mol. The minimum absolute atomic E-state index is 0.0312. The van der Waals surface area contributed by atoms with Gasteiger partial charge in [0.1, 0.15) is 19.8 Å². The fourth-order valence-corrected chi connectivity index (χ4v) is 11.5. The molecule has 0 spiro atoms. The van der Waals surface area contributed by atoms with Gasteiger partial charge in [0.15, 0.2) is 6.10 Å². The number of carbonyl (C=O) groups is 2. The molecule has 0 aliphatic rings. The highest BCUT2D eigenvalue weighted by atomic mass is 31.2. The van der Waals surface area contributed by atoms with Crippen molar-refractivity contribution in [1.29, 1.82) is 0 Å². The van der Waals surface area contributed by atoms with E-state index in [4.69, 9.17) is 18.5 Å². The van der Waals surface area contributed by atoms with Crippen LogP contribution in [0.2, 0.25) is 0 Å². The van der Waals surface area contributed by atoms with E-state index >= 15 is 0 Å². The molecule has 0 fully saturated rings. The topological polar surface area (TPSA) is 111 Å². The molecule has 0 saturated carbocycles. The standard InChI is InChI=1S/C80H144NO8P/c1-6-8-10-12-14-16-18-20-22-24-26-28-30-32-33-34-35-36-37-38-39-40-41-42-43-44-45-46-47-49-51-53-55-57-59-61-63-65-67-69-71-73-80(83)89-78(77-88-90(84,85)87-75-74-81(3,4)5)76-86-79(82)72-70-68-66-64-62-60-58-56-54-52-50-48-31-29-27-25-23-21-19-17-15-13-11-9-7-2/h8,10,14,16,19-22,25-28,32-33,35-36,78H,6-7,9,11-13,15,17-18,23-24,29-31,34,37-77H2,1-5H3/b10-8-,16-14-,21-19-,22-20-,27-25-,28-26-,33-32-,36-35-. The molecule has 0 saturated heterocycles. The summed E-state index contributed by atoms with van der Waals surface area (Å²) in [5, 5.41) is 0. The fourth-order valence-electron chi connectivity index (χ4n) is 10.8. The van der Waals surface area contributed by atoms with Crippen LogP contribution in [0.4, 0.5) is 0 Å². The molecule has 0 aliphatic carbocycles. The molecule has 0 aromatic rings. The summed E-state index contributed by atoms with van der Waals surface area (Å²) >= 11 is 0. The third kappa shape index (κ3) is 74.0. The highest BCUT2D eigenvalue weighted by Gasteiger charge is 2.22. The van der Waals surface area contributed by atoms with Gasteiger partial charge in [-0.15, -0.1) is 0 Å². The zero-order chi connectivity index (χ0) is 65.5. The summed E-state index contributed by atoms with van der Waals surface area (Å²) in [5.74, 6) is -0.820. The third-order valence-corrected chi connectivity index (χ3v) is 17.6. The predicted molar refractivity (Wildman–Crippen MR) is 388 cm³/mol. The van der Waals surface area contributed by atoms with Crippen molar-refractivity contribution in [1.82, 2.24) is 0 Å². The van der Waals surface area contributed by atoms with E-state index in [1.807, 2.05) is 21.1 Å². The summed E-state index contributed by atoms with van der Waals surface area (Å²) < 4.78 is 34.4. The van der Waals surface area contributed by atoms with Gasteiger partial charge in [-0.05, 0) is 96.3 Å². The second kappa shape index (κ2) is 70.3. The molecule has 0 radical (unpaired) electrons. The van der Waals surface area contributed by atoms with Crippen molar-refractivity contribution >= 4 is 19.8 Å². The lowest BCUT2D eigenvalue weighted by Crippen LogP contribution is -2.37. The molecule has 10 heteroatoms. The number of hydrogen-bond donors (Lipinski definition) is 0. The van der Waals surface area contributed by atoms with Gasteiger partial charge in [-0.1, -0.05) is 336 Å². The molecular weight excluding hydrogens is 1130 g/mol. The van der Waals surface area contributed by atoms with Crippen LogP contribution in [-0.4, -0.2) is 70.0 Å². The first kappa shape index (κ1) is 86.9. The molecule has 0 aromatic carbocycles. The minimum Gasteiger partial charge on any atom is -0.756 e. The first-order valence-corrected chi connectivity index (χ1v) is 39.4. The number of likely N-dealkylation sites (N-methyl/N-ethyl adjacent to an activating group) is 1. The summed E-state index contributed by atoms with van der Waals surface area (Å²) in [6.07, 6.45) is 98.0. The van der Waals surface area contributed by atoms with Gasteiger partial charge in [0.25, 0.3) is 7.82 Å². The number of nitrogens with zero attached hydrogens (tertiary/aromatic N) is 1. The number of unbranched alkanes of at least 4 members (excludes halogenated alkanes) is 40. The summed E-state index contributed by atoms with van der Waals surface area (Å²) in [7, 11) is 1.18. The van der Waals surface area contributed by atoms with Crippen molar-refractivity contribution in [3.05, 3.63) is 97.2 Å². The summed E-state index contributed by atoms with van der Waals surface area (Å²) in [5.41, 5.74) is 0. The molecule has 0 rings (SSSR count). The maximum atomic E-state index is 12.9. The van der Waals surface area contributed by atoms with E-state index in [1.54, 1.807) is 0 Å². The molecule has 0 amide bonds. The van der Waals surface area contributed by atoms with Gasteiger partial charge in [-0.25, -0.2) is 0 Å². The lowest BCUT2D eigenvalue weighted by atomic mass is 10.0. The zero-order valence-electron chi connectivity index (χ0n) is 59.6. The van der Waals surface area contributed by atoms with Gasteiger partial charge >= 0.3 is 11.9 Å². The van der Waals surface area contributed by atoms with E-state index in [0.29, 0.717) is 17.4 Å². The number of carbonyl (C=O) groups excluding carboxylic acids is 2. The smallest absolute Gasteiger partial charge is 0.306 e. The number of ether oxygens (including phenoxy) is 2. The molecule has 0 aromatic heterocycles. The lowest BCUT2D eigenvalue weighted by Gasteiger charge is -2.28. The summed E-state index contributed by atoms with van der Waals surface area (Å²) in [6.45, 7) is 4.16. The van der Waals surface area contributed by atoms with Crippen molar-refractivity contribution in [2.45, 2.75) is 354 Å². The van der Waals surface area contributed by atoms with E-state index in [2.05, 4.69) is 111 Å². The Kier molecular flexibility index (Phi) is 67.9. The first-order valence-electron chi connectivity index (χ1n) is 37.9. The number of esters is 2. The summed E-state index contributed by atoms with van der Waals surface area (Å²) in [6, 6.07) is 0. The molecule has 0 bridgehead atoms. The van der Waals surface area contributed by atoms with Crippen LogP contribution in [0, 0.1) is 0 Å². The molecule has 90 heavy (non-hydrogen) atoms. The van der Waals surface area contributed by atoms with Crippen molar-refractivity contribution in [3.8, 4) is 0 Å². The predicted octanol–water partition coefficient (Wildman–Crippen LogP) is 24.4. The molecule has 2 atom stereocenters. The number of phosphoric acid groups is 1. The molecule has 9 nitrogen and oxygen atoms in total. The van der Waals surface area contributed by atoms with Crippen molar-refractivity contribution in [3.63, 3.8) is 0 Å². The second-order valence-electron chi connectivity index (χ2n) is 26.6. The van der Waals surface area contributed by atoms with Gasteiger partial charge in [-0.3, -0.25) is 14.2 Å². The largest absolute Gasteiger partial charge is 0.756 e. The van der Waals surface area contributed by atoms with Crippen LogP contribution in [0.1, 0.15) is 348 Å². The Morgan fingerprint density at radius 1 is 0.356 bits per heavy atom. The van der Waals surface area contributed by atoms with Gasteiger partial charge in [0.05, 0.1) is 27.7 Å². The van der Waals surface area contributed by atoms with E-state index < -0.39 is 26.5 Å². The summed E-state index contributed by atoms with van der Waals surface area (Å²) in [4.78, 5) is 38.1. The Hall–Kier alpha value is -3.07. The van der Waals surface area contributed by atoms with Crippen LogP contribution in [0.15, 0.2) is 97.2 Å². The number of hydrogen-bond acceptors (Lipinski definition) is 8. The van der Waals surface area contributed by atoms with Crippen LogP contribution in [-0.2, 0) is 32.7 Å². The number of allylic oxidation sites excluding steroid dienone is 16. The van der Waals surface area contributed by atoms with Crippen LogP contribution >= 0.6 is 7.82 Å². The SMILES string of the molecule is CC/C=C\C/C=C\C/C=C\C/C=C\C/C=C\C/C=C\CCCCCCCCCCCCCCCCCCCCCCCCC(=O)OC(COC(=O)CCCCCCCCCCCCCCC/C=C\C/C=C\CCCCCCC)COP(=O)([O-])OCC[N+](C)(C)C. The highest BCUT2D eigenvalue weighted by Crippen LogP contribution is 2.38. The Balaban J connectivity index is 3.94. The molecular formula is C80H144NO8P. The third-order valence-electron chi connectivity index (χ3n) is 16.6. The van der Waals surface area contributed by atoms with Gasteiger partial charge in [0.2, 0.25) is 0 Å². The number of rotatable bonds is 70. The van der Waals surface area contributed by atoms with Gasteiger partial charge in [0, 0.05) is 12.8 Å². The second-order valence-corrected chi connectivity index (χ2v) is 28.0. The highest BCUT2D eigenvalue weighted by molar-refractivity contribution is 7.45. The lowest BCUT2D eigenvalue weighted by molar-refractivity contribution is -0.870. The Morgan fingerprint density at radius 3 is 0.944 bits per heavy atom. The zero-order valence-corrected chi connectivity index (χ0v) is 60.5. The average Bonchev–Trinajstić information content (AvgIpc) is 3.62. The molecule has 0 aliphatic heterocycles. The van der Waals surface area contributed by atoms with Crippen LogP contribution in [0.3, 0.4) is 0 Å². The first-order chi connectivity index (χ1) is 44.0. The van der Waals surface area contributed by atoms with E-state index in [9.17, 15) is 19.0 Å². The number of phosphoric ester groups is 1. The maximum absolute atomic E-state index is 12.9.